The van der Waals surface area contributed by atoms with Gasteiger partial charge in [0.2, 0.25) is 0 Å². The third kappa shape index (κ3) is 5.57. The lowest BCUT2D eigenvalue weighted by atomic mass is 9.99. The van der Waals surface area contributed by atoms with Gasteiger partial charge in [-0.15, -0.1) is 0 Å². The molecule has 0 bridgehead atoms. The number of para-hydroxylation sites is 1. The van der Waals surface area contributed by atoms with Gasteiger partial charge in [0.15, 0.2) is 0 Å². The average Bonchev–Trinajstić information content (AvgIpc) is 2.62. The molecule has 27 heavy (non-hydrogen) atoms. The number of nitrogens with zero attached hydrogens (tertiary/aromatic N) is 1. The highest BCUT2D eigenvalue weighted by Crippen LogP contribution is 2.28. The fourth-order valence-electron chi connectivity index (χ4n) is 3.40. The van der Waals surface area contributed by atoms with Crippen LogP contribution in [0.3, 0.4) is 0 Å². The molecule has 1 aliphatic heterocycles. The van der Waals surface area contributed by atoms with Gasteiger partial charge in [0.25, 0.3) is 0 Å². The second-order valence-corrected chi connectivity index (χ2v) is 7.80. The van der Waals surface area contributed by atoms with Crippen LogP contribution in [0, 0.1) is 0 Å². The number of ether oxygens (including phenoxy) is 1. The molecule has 0 unspecified atom stereocenters. The third-order valence-corrected chi connectivity index (χ3v) is 4.91. The fraction of sp³-hybridized carbons (Fsp3) is 0.435. The lowest BCUT2D eigenvalue weighted by Gasteiger charge is -2.40. The topological polar surface area (TPSA) is 41.6 Å². The molecule has 146 valence electrons. The molecule has 0 aromatic heterocycles. The summed E-state index contributed by atoms with van der Waals surface area (Å²) in [5.41, 5.74) is 3.01. The maximum Gasteiger partial charge on any atom is 0.411 e. The molecule has 1 amide bonds. The quantitative estimate of drug-likeness (QED) is 0.744. The summed E-state index contributed by atoms with van der Waals surface area (Å²) >= 11 is 0. The summed E-state index contributed by atoms with van der Waals surface area (Å²) in [7, 11) is 0. The SMILES string of the molecule is C.CC(C)(C)N1CCC(OC(=O)Nc2ccccc2-c2ccccc2)CC1. The van der Waals surface area contributed by atoms with Crippen LogP contribution in [0.2, 0.25) is 0 Å². The maximum absolute atomic E-state index is 12.4. The Hall–Kier alpha value is -2.33. The van der Waals surface area contributed by atoms with E-state index in [9.17, 15) is 4.79 Å². The number of piperidine rings is 1. The molecule has 0 saturated carbocycles. The third-order valence-electron chi connectivity index (χ3n) is 4.91. The van der Waals surface area contributed by atoms with Gasteiger partial charge in [-0.05, 0) is 45.2 Å². The molecule has 2 aromatic rings. The van der Waals surface area contributed by atoms with Crippen LogP contribution in [0.25, 0.3) is 11.1 Å². The van der Waals surface area contributed by atoms with Crippen LogP contribution in [0.5, 0.6) is 0 Å². The summed E-state index contributed by atoms with van der Waals surface area (Å²) in [6.45, 7) is 8.59. The van der Waals surface area contributed by atoms with Crippen LogP contribution < -0.4 is 5.32 Å². The number of amides is 1. The van der Waals surface area contributed by atoms with Crippen molar-refractivity contribution in [2.45, 2.75) is 52.7 Å². The van der Waals surface area contributed by atoms with Gasteiger partial charge in [-0.1, -0.05) is 56.0 Å². The number of carbonyl (C=O) groups is 1. The van der Waals surface area contributed by atoms with E-state index in [1.54, 1.807) is 0 Å². The number of hydrogen-bond acceptors (Lipinski definition) is 3. The van der Waals surface area contributed by atoms with Crippen LogP contribution in [-0.4, -0.2) is 35.7 Å². The van der Waals surface area contributed by atoms with Crippen LogP contribution in [0.1, 0.15) is 41.0 Å². The predicted octanol–water partition coefficient (Wildman–Crippen LogP) is 5.80. The Balaban J connectivity index is 0.00000261. The van der Waals surface area contributed by atoms with E-state index in [1.807, 2.05) is 54.6 Å². The van der Waals surface area contributed by atoms with E-state index in [1.165, 1.54) is 0 Å². The largest absolute Gasteiger partial charge is 0.446 e. The number of nitrogens with one attached hydrogen (secondary N) is 1. The molecule has 4 heteroatoms. The van der Waals surface area contributed by atoms with E-state index in [0.29, 0.717) is 0 Å². The van der Waals surface area contributed by atoms with Crippen molar-refractivity contribution in [1.82, 2.24) is 4.90 Å². The smallest absolute Gasteiger partial charge is 0.411 e. The van der Waals surface area contributed by atoms with Gasteiger partial charge in [0, 0.05) is 24.2 Å². The first-order chi connectivity index (χ1) is 12.4. The minimum absolute atomic E-state index is 0. The Morgan fingerprint density at radius 2 is 1.59 bits per heavy atom. The van der Waals surface area contributed by atoms with Crippen molar-refractivity contribution in [3.63, 3.8) is 0 Å². The monoisotopic (exact) mass is 368 g/mol. The Morgan fingerprint density at radius 3 is 2.22 bits per heavy atom. The molecule has 3 rings (SSSR count). The average molecular weight is 369 g/mol. The van der Waals surface area contributed by atoms with E-state index in [2.05, 4.69) is 31.0 Å². The lowest BCUT2D eigenvalue weighted by molar-refractivity contribution is 0.0272. The minimum atomic E-state index is -0.373. The van der Waals surface area contributed by atoms with E-state index in [4.69, 9.17) is 4.74 Å². The molecule has 2 aromatic carbocycles. The molecule has 1 N–H and O–H groups in total. The molecule has 0 atom stereocenters. The van der Waals surface area contributed by atoms with E-state index in [0.717, 1.165) is 42.7 Å². The van der Waals surface area contributed by atoms with Crippen LogP contribution in [-0.2, 0) is 4.74 Å². The van der Waals surface area contributed by atoms with Crippen molar-refractivity contribution in [1.29, 1.82) is 0 Å². The number of rotatable bonds is 3. The van der Waals surface area contributed by atoms with Gasteiger partial charge in [-0.3, -0.25) is 10.2 Å². The predicted molar refractivity (Wildman–Crippen MR) is 113 cm³/mol. The van der Waals surface area contributed by atoms with E-state index < -0.39 is 0 Å². The standard InChI is InChI=1S/C22H28N2O2.CH4/c1-22(2,3)24-15-13-18(14-16-24)26-21(25)23-20-12-8-7-11-19(20)17-9-5-4-6-10-17;/h4-12,18H,13-16H2,1-3H3,(H,23,25);1H4. The first kappa shape index (κ1) is 21.0. The molecular formula is C23H32N2O2. The molecule has 1 saturated heterocycles. The molecule has 1 aliphatic rings. The highest BCUT2D eigenvalue weighted by atomic mass is 16.6. The van der Waals surface area contributed by atoms with E-state index in [-0.39, 0.29) is 25.2 Å². The summed E-state index contributed by atoms with van der Waals surface area (Å²) in [6.07, 6.45) is 1.37. The van der Waals surface area contributed by atoms with Crippen molar-refractivity contribution in [2.24, 2.45) is 0 Å². The van der Waals surface area contributed by atoms with Crippen molar-refractivity contribution in [3.05, 3.63) is 54.6 Å². The van der Waals surface area contributed by atoms with Gasteiger partial charge in [0.05, 0.1) is 5.69 Å². The number of benzene rings is 2. The molecule has 0 radical (unpaired) electrons. The normalized spacial score (nSPS) is 15.7. The maximum atomic E-state index is 12.4. The number of likely N-dealkylation sites (tertiary alicyclic amines) is 1. The Bertz CT molecular complexity index is 730. The van der Waals surface area contributed by atoms with Crippen LogP contribution >= 0.6 is 0 Å². The van der Waals surface area contributed by atoms with Gasteiger partial charge in [-0.2, -0.15) is 0 Å². The zero-order chi connectivity index (χ0) is 18.6. The lowest BCUT2D eigenvalue weighted by Crippen LogP contribution is -2.48. The zero-order valence-electron chi connectivity index (χ0n) is 15.9. The highest BCUT2D eigenvalue weighted by molar-refractivity contribution is 5.91. The summed E-state index contributed by atoms with van der Waals surface area (Å²) in [4.78, 5) is 14.8. The first-order valence-corrected chi connectivity index (χ1v) is 9.30. The Labute approximate surface area is 163 Å². The van der Waals surface area contributed by atoms with Gasteiger partial charge in [-0.25, -0.2) is 4.79 Å². The minimum Gasteiger partial charge on any atom is -0.446 e. The van der Waals surface area contributed by atoms with Crippen molar-refractivity contribution in [2.75, 3.05) is 18.4 Å². The number of anilines is 1. The van der Waals surface area contributed by atoms with Crippen LogP contribution in [0.4, 0.5) is 10.5 Å². The van der Waals surface area contributed by atoms with Crippen molar-refractivity contribution in [3.8, 4) is 11.1 Å². The molecule has 0 aliphatic carbocycles. The molecular weight excluding hydrogens is 336 g/mol. The number of hydrogen-bond donors (Lipinski definition) is 1. The van der Waals surface area contributed by atoms with Gasteiger partial charge < -0.3 is 4.74 Å². The second kappa shape index (κ2) is 9.05. The fourth-order valence-corrected chi connectivity index (χ4v) is 3.40. The highest BCUT2D eigenvalue weighted by Gasteiger charge is 2.28. The van der Waals surface area contributed by atoms with Gasteiger partial charge >= 0.3 is 6.09 Å². The summed E-state index contributed by atoms with van der Waals surface area (Å²) in [6, 6.07) is 17.9. The summed E-state index contributed by atoms with van der Waals surface area (Å²) in [5, 5.41) is 2.92. The van der Waals surface area contributed by atoms with Crippen LogP contribution in [0.15, 0.2) is 54.6 Å². The number of carbonyl (C=O) groups excluding carboxylic acids is 1. The second-order valence-electron chi connectivity index (χ2n) is 7.80. The summed E-state index contributed by atoms with van der Waals surface area (Å²) in [5.74, 6) is 0. The Kier molecular flexibility index (Phi) is 7.03. The van der Waals surface area contributed by atoms with Crippen molar-refractivity contribution >= 4 is 11.8 Å². The zero-order valence-corrected chi connectivity index (χ0v) is 15.9. The van der Waals surface area contributed by atoms with Gasteiger partial charge in [0.1, 0.15) is 6.10 Å². The van der Waals surface area contributed by atoms with E-state index >= 15 is 0 Å². The molecule has 1 heterocycles. The molecule has 0 spiro atoms. The summed E-state index contributed by atoms with van der Waals surface area (Å²) < 4.78 is 5.67. The molecule has 4 nitrogen and oxygen atoms in total. The Morgan fingerprint density at radius 1 is 1.00 bits per heavy atom. The van der Waals surface area contributed by atoms with Crippen molar-refractivity contribution < 1.29 is 9.53 Å². The molecule has 1 fully saturated rings. The first-order valence-electron chi connectivity index (χ1n) is 9.30.